The zero-order chi connectivity index (χ0) is 13.0. The second-order valence-electron chi connectivity index (χ2n) is 3.14. The van der Waals surface area contributed by atoms with Crippen molar-refractivity contribution in [3.05, 3.63) is 22.6 Å². The van der Waals surface area contributed by atoms with Crippen molar-refractivity contribution < 1.29 is 23.9 Å². The lowest BCUT2D eigenvalue weighted by atomic mass is 10.2. The van der Waals surface area contributed by atoms with Crippen LogP contribution in [0.4, 0.5) is 0 Å². The van der Waals surface area contributed by atoms with Crippen molar-refractivity contribution in [2.24, 2.45) is 5.73 Å². The molecule has 0 bridgehead atoms. The molecule has 0 spiro atoms. The molecule has 2 amide bonds. The first-order valence-electron chi connectivity index (χ1n) is 4.46. The van der Waals surface area contributed by atoms with E-state index in [1.54, 1.807) is 0 Å². The Morgan fingerprint density at radius 2 is 2.18 bits per heavy atom. The van der Waals surface area contributed by atoms with Gasteiger partial charge < -0.3 is 20.6 Å². The van der Waals surface area contributed by atoms with Gasteiger partial charge in [-0.15, -0.1) is 0 Å². The third-order valence-corrected chi connectivity index (χ3v) is 2.49. The van der Waals surface area contributed by atoms with Crippen LogP contribution in [-0.2, 0) is 9.59 Å². The van der Waals surface area contributed by atoms with Crippen LogP contribution in [0.15, 0.2) is 21.4 Å². The monoisotopic (exact) mass is 304 g/mol. The van der Waals surface area contributed by atoms with Crippen LogP contribution in [-0.4, -0.2) is 28.9 Å². The summed E-state index contributed by atoms with van der Waals surface area (Å²) in [4.78, 5) is 33.0. The molecule has 0 aliphatic heterocycles. The minimum atomic E-state index is -1.36. The van der Waals surface area contributed by atoms with Gasteiger partial charge in [-0.3, -0.25) is 9.59 Å². The molecule has 0 radical (unpaired) electrons. The summed E-state index contributed by atoms with van der Waals surface area (Å²) in [6, 6.07) is 0.00424. The maximum absolute atomic E-state index is 11.6. The number of rotatable bonds is 5. The first-order chi connectivity index (χ1) is 7.91. The Bertz CT molecular complexity index is 456. The normalized spacial score (nSPS) is 11.8. The van der Waals surface area contributed by atoms with E-state index in [1.165, 1.54) is 12.3 Å². The summed E-state index contributed by atoms with van der Waals surface area (Å²) < 4.78 is 5.00. The Morgan fingerprint density at radius 1 is 1.53 bits per heavy atom. The number of nitrogens with two attached hydrogens (primary N) is 1. The van der Waals surface area contributed by atoms with Gasteiger partial charge in [0.05, 0.1) is 18.2 Å². The van der Waals surface area contributed by atoms with Crippen LogP contribution < -0.4 is 11.1 Å². The van der Waals surface area contributed by atoms with Crippen LogP contribution >= 0.6 is 15.9 Å². The number of aliphatic carboxylic acids is 1. The van der Waals surface area contributed by atoms with E-state index in [2.05, 4.69) is 21.2 Å². The van der Waals surface area contributed by atoms with Crippen LogP contribution in [0.2, 0.25) is 0 Å². The van der Waals surface area contributed by atoms with E-state index >= 15 is 0 Å². The fourth-order valence-electron chi connectivity index (χ4n) is 1.09. The van der Waals surface area contributed by atoms with Gasteiger partial charge in [0.2, 0.25) is 5.91 Å². The van der Waals surface area contributed by atoms with Gasteiger partial charge in [0.1, 0.15) is 6.04 Å². The molecule has 1 aromatic heterocycles. The minimum absolute atomic E-state index is 0.140. The smallest absolute Gasteiger partial charge is 0.326 e. The van der Waals surface area contributed by atoms with E-state index in [0.29, 0.717) is 0 Å². The van der Waals surface area contributed by atoms with E-state index in [1.807, 2.05) is 0 Å². The average molecular weight is 305 g/mol. The van der Waals surface area contributed by atoms with E-state index in [0.717, 1.165) is 0 Å². The predicted molar refractivity (Wildman–Crippen MR) is 59.1 cm³/mol. The lowest BCUT2D eigenvalue weighted by Crippen LogP contribution is -2.43. The number of amides is 2. The maximum atomic E-state index is 11.6. The molecule has 0 unspecified atom stereocenters. The molecule has 0 fully saturated rings. The number of halogens is 1. The summed E-state index contributed by atoms with van der Waals surface area (Å²) in [5.74, 6) is -2.82. The van der Waals surface area contributed by atoms with E-state index in [9.17, 15) is 14.4 Å². The second kappa shape index (κ2) is 5.48. The third-order valence-electron chi connectivity index (χ3n) is 1.87. The Hall–Kier alpha value is -1.83. The van der Waals surface area contributed by atoms with Crippen molar-refractivity contribution in [3.8, 4) is 0 Å². The number of furan rings is 1. The molecule has 1 aromatic rings. The molecule has 0 saturated heterocycles. The number of nitrogens with one attached hydrogen (secondary N) is 1. The first-order valence-corrected chi connectivity index (χ1v) is 5.26. The highest BCUT2D eigenvalue weighted by molar-refractivity contribution is 9.10. The van der Waals surface area contributed by atoms with Crippen molar-refractivity contribution in [2.45, 2.75) is 12.5 Å². The van der Waals surface area contributed by atoms with Crippen LogP contribution in [0.25, 0.3) is 0 Å². The highest BCUT2D eigenvalue weighted by Crippen LogP contribution is 2.17. The van der Waals surface area contributed by atoms with Crippen LogP contribution in [0, 0.1) is 0 Å². The Labute approximate surface area is 104 Å². The zero-order valence-corrected chi connectivity index (χ0v) is 10.1. The number of primary amides is 1. The quantitative estimate of drug-likeness (QED) is 0.712. The SMILES string of the molecule is NC(=O)C[C@H](NC(=O)c1ccoc1Br)C(=O)O. The van der Waals surface area contributed by atoms with Gasteiger partial charge in [0, 0.05) is 0 Å². The average Bonchev–Trinajstić information content (AvgIpc) is 2.62. The standard InChI is InChI=1S/C9H9BrN2O5/c10-7-4(1-2-17-7)8(14)12-5(9(15)16)3-6(11)13/h1-2,5H,3H2,(H2,11,13)(H,12,14)(H,15,16)/t5-/m0/s1. The number of hydrogen-bond donors (Lipinski definition) is 3. The van der Waals surface area contributed by atoms with Gasteiger partial charge in [0.15, 0.2) is 4.67 Å². The third kappa shape index (κ3) is 3.59. The van der Waals surface area contributed by atoms with Crippen LogP contribution in [0.5, 0.6) is 0 Å². The van der Waals surface area contributed by atoms with Gasteiger partial charge in [-0.05, 0) is 22.0 Å². The molecule has 0 aliphatic carbocycles. The van der Waals surface area contributed by atoms with E-state index < -0.39 is 30.2 Å². The molecule has 1 heterocycles. The Morgan fingerprint density at radius 3 is 2.59 bits per heavy atom. The topological polar surface area (TPSA) is 123 Å². The van der Waals surface area contributed by atoms with Crippen LogP contribution in [0.3, 0.4) is 0 Å². The van der Waals surface area contributed by atoms with Crippen molar-refractivity contribution >= 4 is 33.7 Å². The number of carbonyl (C=O) groups excluding carboxylic acids is 2. The predicted octanol–water partition coefficient (Wildman–Crippen LogP) is 0.100. The van der Waals surface area contributed by atoms with Crippen molar-refractivity contribution in [1.29, 1.82) is 0 Å². The molecule has 0 saturated carbocycles. The van der Waals surface area contributed by atoms with Gasteiger partial charge in [-0.25, -0.2) is 4.79 Å². The van der Waals surface area contributed by atoms with Crippen molar-refractivity contribution in [2.75, 3.05) is 0 Å². The molecule has 0 aromatic carbocycles. The lowest BCUT2D eigenvalue weighted by molar-refractivity contribution is -0.140. The summed E-state index contributed by atoms with van der Waals surface area (Å²) in [7, 11) is 0. The summed E-state index contributed by atoms with van der Waals surface area (Å²) in [5, 5.41) is 10.9. The highest BCUT2D eigenvalue weighted by atomic mass is 79.9. The number of hydrogen-bond acceptors (Lipinski definition) is 4. The van der Waals surface area contributed by atoms with Gasteiger partial charge in [0.25, 0.3) is 5.91 Å². The molecule has 1 rings (SSSR count). The highest BCUT2D eigenvalue weighted by Gasteiger charge is 2.24. The Kier molecular flexibility index (Phi) is 4.27. The summed E-state index contributed by atoms with van der Waals surface area (Å²) in [5.41, 5.74) is 5.01. The molecule has 1 atom stereocenters. The maximum Gasteiger partial charge on any atom is 0.326 e. The fourth-order valence-corrected chi connectivity index (χ4v) is 1.51. The Balaban J connectivity index is 2.74. The molecule has 8 heteroatoms. The summed E-state index contributed by atoms with van der Waals surface area (Å²) >= 11 is 2.98. The molecule has 7 nitrogen and oxygen atoms in total. The first kappa shape index (κ1) is 13.2. The lowest BCUT2D eigenvalue weighted by Gasteiger charge is -2.11. The van der Waals surface area contributed by atoms with E-state index in [4.69, 9.17) is 15.3 Å². The fraction of sp³-hybridized carbons (Fsp3) is 0.222. The number of carbonyl (C=O) groups is 3. The molecular formula is C9H9BrN2O5. The number of carboxylic acid groups (broad SMARTS) is 1. The molecule has 17 heavy (non-hydrogen) atoms. The largest absolute Gasteiger partial charge is 0.480 e. The molecular weight excluding hydrogens is 296 g/mol. The summed E-state index contributed by atoms with van der Waals surface area (Å²) in [6.45, 7) is 0. The van der Waals surface area contributed by atoms with Gasteiger partial charge >= 0.3 is 5.97 Å². The summed E-state index contributed by atoms with van der Waals surface area (Å²) in [6.07, 6.45) is 0.791. The van der Waals surface area contributed by atoms with Crippen molar-refractivity contribution in [3.63, 3.8) is 0 Å². The van der Waals surface area contributed by atoms with Gasteiger partial charge in [-0.1, -0.05) is 0 Å². The molecule has 0 aliphatic rings. The zero-order valence-electron chi connectivity index (χ0n) is 8.47. The molecule has 4 N–H and O–H groups in total. The van der Waals surface area contributed by atoms with Gasteiger partial charge in [-0.2, -0.15) is 0 Å². The molecule has 92 valence electrons. The van der Waals surface area contributed by atoms with Crippen LogP contribution in [0.1, 0.15) is 16.8 Å². The van der Waals surface area contributed by atoms with E-state index in [-0.39, 0.29) is 10.2 Å². The minimum Gasteiger partial charge on any atom is -0.480 e. The second-order valence-corrected chi connectivity index (χ2v) is 3.86. The van der Waals surface area contributed by atoms with Crippen molar-refractivity contribution in [1.82, 2.24) is 5.32 Å². The number of carboxylic acids is 1.